The van der Waals surface area contributed by atoms with Crippen molar-refractivity contribution >= 4 is 16.9 Å². The summed E-state index contributed by atoms with van der Waals surface area (Å²) in [6.45, 7) is 6.24. The van der Waals surface area contributed by atoms with Crippen LogP contribution in [0.15, 0.2) is 64.1 Å². The van der Waals surface area contributed by atoms with Gasteiger partial charge in [0.1, 0.15) is 16.7 Å². The van der Waals surface area contributed by atoms with E-state index >= 15 is 0 Å². The Bertz CT molecular complexity index is 753. The van der Waals surface area contributed by atoms with Crippen molar-refractivity contribution in [2.75, 3.05) is 6.54 Å². The highest BCUT2D eigenvalue weighted by Gasteiger charge is 2.45. The molecule has 1 amide bonds. The molecule has 1 aromatic carbocycles. The van der Waals surface area contributed by atoms with Gasteiger partial charge in [-0.3, -0.25) is 4.79 Å². The van der Waals surface area contributed by atoms with Crippen LogP contribution in [0.25, 0.3) is 0 Å². The number of hydrogen-bond donors (Lipinski definition) is 1. The van der Waals surface area contributed by atoms with E-state index in [1.807, 2.05) is 31.2 Å². The minimum atomic E-state index is -1.43. The van der Waals surface area contributed by atoms with E-state index in [1.165, 1.54) is 6.26 Å². The van der Waals surface area contributed by atoms with Gasteiger partial charge in [-0.25, -0.2) is 8.51 Å². The van der Waals surface area contributed by atoms with Crippen LogP contribution < -0.4 is 5.73 Å². The molecule has 5 nitrogen and oxygen atoms in total. The molecule has 0 aliphatic carbocycles. The highest BCUT2D eigenvalue weighted by molar-refractivity contribution is 7.82. The molecule has 0 saturated carbocycles. The molecule has 1 aromatic heterocycles. The maximum atomic E-state index is 13.0. The molecule has 3 rings (SSSR count). The first-order chi connectivity index (χ1) is 11.0. The normalized spacial score (nSPS) is 23.1. The highest BCUT2D eigenvalue weighted by atomic mass is 32.2. The van der Waals surface area contributed by atoms with Gasteiger partial charge in [-0.1, -0.05) is 24.3 Å². The van der Waals surface area contributed by atoms with E-state index in [-0.39, 0.29) is 0 Å². The van der Waals surface area contributed by atoms with Crippen LogP contribution in [-0.4, -0.2) is 21.0 Å². The highest BCUT2D eigenvalue weighted by Crippen LogP contribution is 2.41. The summed E-state index contributed by atoms with van der Waals surface area (Å²) in [7, 11) is -1.43. The number of hydrogen-bond acceptors (Lipinski definition) is 3. The van der Waals surface area contributed by atoms with Gasteiger partial charge in [0.05, 0.1) is 23.1 Å². The van der Waals surface area contributed by atoms with Crippen LogP contribution in [0.1, 0.15) is 17.4 Å². The molecule has 120 valence electrons. The Morgan fingerprint density at radius 1 is 1.35 bits per heavy atom. The molecule has 0 bridgehead atoms. The summed E-state index contributed by atoms with van der Waals surface area (Å²) >= 11 is 0. The van der Waals surface area contributed by atoms with E-state index in [0.717, 1.165) is 5.56 Å². The van der Waals surface area contributed by atoms with Crippen LogP contribution in [0, 0.1) is 12.8 Å². The summed E-state index contributed by atoms with van der Waals surface area (Å²) < 4.78 is 20.1. The van der Waals surface area contributed by atoms with Crippen molar-refractivity contribution in [2.45, 2.75) is 17.9 Å². The molecular weight excluding hydrogens is 312 g/mol. The molecule has 2 N–H and O–H groups in total. The number of aryl methyl sites for hydroxylation is 1. The van der Waals surface area contributed by atoms with Gasteiger partial charge in [-0.15, -0.1) is 0 Å². The average Bonchev–Trinajstić information content (AvgIpc) is 3.14. The average molecular weight is 330 g/mol. The molecule has 6 heteroatoms. The van der Waals surface area contributed by atoms with Crippen LogP contribution in [0.3, 0.4) is 0 Å². The van der Waals surface area contributed by atoms with E-state index in [2.05, 4.69) is 6.58 Å². The number of carbonyl (C=O) groups is 1. The standard InChI is InChI=1S/C17H18N2O3S/c1-11-5-7-13(8-6-11)23(21)19-10-12(2)15(17(18)20)16(19)14-4-3-9-22-14/h3-9,15-16H,2,10H2,1H3,(H2,18,20)/t15-,16+,23?/m1/s1. The third-order valence-corrected chi connectivity index (χ3v) is 5.46. The monoisotopic (exact) mass is 330 g/mol. The van der Waals surface area contributed by atoms with Crippen LogP contribution >= 0.6 is 0 Å². The van der Waals surface area contributed by atoms with E-state index in [9.17, 15) is 9.00 Å². The zero-order valence-corrected chi connectivity index (χ0v) is 13.6. The number of carbonyl (C=O) groups excluding carboxylic acids is 1. The van der Waals surface area contributed by atoms with E-state index in [1.54, 1.807) is 16.4 Å². The van der Waals surface area contributed by atoms with Gasteiger partial charge in [0.2, 0.25) is 5.91 Å². The number of benzene rings is 1. The lowest BCUT2D eigenvalue weighted by molar-refractivity contribution is -0.121. The number of nitrogens with zero attached hydrogens (tertiary/aromatic N) is 1. The molecule has 1 fully saturated rings. The Morgan fingerprint density at radius 2 is 2.04 bits per heavy atom. The van der Waals surface area contributed by atoms with Crippen molar-refractivity contribution in [1.82, 2.24) is 4.31 Å². The molecule has 1 unspecified atom stereocenters. The van der Waals surface area contributed by atoms with Crippen LogP contribution in [0.4, 0.5) is 0 Å². The second kappa shape index (κ2) is 6.14. The number of furan rings is 1. The summed E-state index contributed by atoms with van der Waals surface area (Å²) in [6, 6.07) is 10.5. The quantitative estimate of drug-likeness (QED) is 0.874. The predicted octanol–water partition coefficient (Wildman–Crippen LogP) is 2.33. The third-order valence-electron chi connectivity index (χ3n) is 4.00. The molecule has 2 aromatic rings. The number of primary amides is 1. The van der Waals surface area contributed by atoms with Crippen molar-refractivity contribution in [3.8, 4) is 0 Å². The summed E-state index contributed by atoms with van der Waals surface area (Å²) in [5.74, 6) is -0.539. The van der Waals surface area contributed by atoms with Crippen molar-refractivity contribution in [3.63, 3.8) is 0 Å². The minimum absolute atomic E-state index is 0.333. The Hall–Kier alpha value is -2.18. The molecule has 1 aliphatic rings. The second-order valence-corrected chi connectivity index (χ2v) is 7.07. The zero-order valence-electron chi connectivity index (χ0n) is 12.8. The van der Waals surface area contributed by atoms with Gasteiger partial charge in [0.15, 0.2) is 0 Å². The fourth-order valence-corrected chi connectivity index (χ4v) is 4.22. The summed E-state index contributed by atoms with van der Waals surface area (Å²) in [6.07, 6.45) is 1.53. The largest absolute Gasteiger partial charge is 0.468 e. The van der Waals surface area contributed by atoms with E-state index in [4.69, 9.17) is 10.2 Å². The van der Waals surface area contributed by atoms with Crippen molar-refractivity contribution in [3.05, 3.63) is 66.1 Å². The summed E-state index contributed by atoms with van der Waals surface area (Å²) in [4.78, 5) is 12.5. The van der Waals surface area contributed by atoms with Crippen LogP contribution in [-0.2, 0) is 15.8 Å². The SMILES string of the molecule is C=C1CN(S(=O)c2ccc(C)cc2)[C@@H](c2ccco2)[C@@H]1C(N)=O. The lowest BCUT2D eigenvalue weighted by atomic mass is 9.95. The molecule has 0 radical (unpaired) electrons. The smallest absolute Gasteiger partial charge is 0.226 e. The first-order valence-corrected chi connectivity index (χ1v) is 8.35. The topological polar surface area (TPSA) is 76.5 Å². The van der Waals surface area contributed by atoms with Gasteiger partial charge >= 0.3 is 0 Å². The molecule has 23 heavy (non-hydrogen) atoms. The van der Waals surface area contributed by atoms with E-state index < -0.39 is 28.9 Å². The first-order valence-electron chi connectivity index (χ1n) is 7.24. The molecule has 3 atom stereocenters. The fraction of sp³-hybridized carbons (Fsp3) is 0.235. The maximum Gasteiger partial charge on any atom is 0.226 e. The molecule has 2 heterocycles. The minimum Gasteiger partial charge on any atom is -0.468 e. The number of amides is 1. The van der Waals surface area contributed by atoms with Crippen molar-refractivity contribution in [1.29, 1.82) is 0 Å². The second-order valence-electron chi connectivity index (χ2n) is 5.64. The fourth-order valence-electron chi connectivity index (χ4n) is 2.86. The Labute approximate surface area is 137 Å². The number of nitrogens with two attached hydrogens (primary N) is 1. The Balaban J connectivity index is 1.99. The van der Waals surface area contributed by atoms with Gasteiger partial charge in [0, 0.05) is 6.54 Å². The third kappa shape index (κ3) is 2.87. The van der Waals surface area contributed by atoms with Gasteiger partial charge in [-0.2, -0.15) is 0 Å². The van der Waals surface area contributed by atoms with Crippen LogP contribution in [0.2, 0.25) is 0 Å². The van der Waals surface area contributed by atoms with Gasteiger partial charge < -0.3 is 10.2 Å². The molecule has 1 saturated heterocycles. The van der Waals surface area contributed by atoms with Gasteiger partial charge in [0.25, 0.3) is 0 Å². The van der Waals surface area contributed by atoms with Crippen LogP contribution in [0.5, 0.6) is 0 Å². The maximum absolute atomic E-state index is 13.0. The first kappa shape index (κ1) is 15.7. The lowest BCUT2D eigenvalue weighted by Gasteiger charge is -2.23. The molecular formula is C17H18N2O3S. The zero-order chi connectivity index (χ0) is 16.6. The molecule has 0 spiro atoms. The molecule has 1 aliphatic heterocycles. The Morgan fingerprint density at radius 3 is 2.61 bits per heavy atom. The summed E-state index contributed by atoms with van der Waals surface area (Å²) in [5.41, 5.74) is 7.28. The predicted molar refractivity (Wildman–Crippen MR) is 87.6 cm³/mol. The van der Waals surface area contributed by atoms with Crippen molar-refractivity contribution < 1.29 is 13.4 Å². The van der Waals surface area contributed by atoms with Gasteiger partial charge in [-0.05, 0) is 36.8 Å². The van der Waals surface area contributed by atoms with Crippen molar-refractivity contribution in [2.24, 2.45) is 11.7 Å². The number of rotatable bonds is 4. The lowest BCUT2D eigenvalue weighted by Crippen LogP contribution is -2.32. The summed E-state index contributed by atoms with van der Waals surface area (Å²) in [5, 5.41) is 0. The Kier molecular flexibility index (Phi) is 4.19. The van der Waals surface area contributed by atoms with E-state index in [0.29, 0.717) is 22.8 Å².